The number of nitro groups is 1. The summed E-state index contributed by atoms with van der Waals surface area (Å²) >= 11 is 0. The predicted octanol–water partition coefficient (Wildman–Crippen LogP) is 3.10. The van der Waals surface area contributed by atoms with E-state index in [1.807, 2.05) is 13.0 Å². The molecule has 0 radical (unpaired) electrons. The fourth-order valence-electron chi connectivity index (χ4n) is 4.22. The summed E-state index contributed by atoms with van der Waals surface area (Å²) < 4.78 is 5.18. The van der Waals surface area contributed by atoms with E-state index in [0.717, 1.165) is 55.7 Å². The molecule has 9 heteroatoms. The summed E-state index contributed by atoms with van der Waals surface area (Å²) in [4.78, 5) is 20.1. The van der Waals surface area contributed by atoms with E-state index in [1.165, 1.54) is 25.7 Å². The van der Waals surface area contributed by atoms with Crippen LogP contribution >= 0.6 is 0 Å². The van der Waals surface area contributed by atoms with Crippen LogP contribution < -0.4 is 5.32 Å². The Labute approximate surface area is 182 Å². The van der Waals surface area contributed by atoms with Crippen molar-refractivity contribution in [2.75, 3.05) is 26.2 Å². The molecule has 1 aliphatic carbocycles. The van der Waals surface area contributed by atoms with Crippen LogP contribution in [0, 0.1) is 17.0 Å². The Kier molecular flexibility index (Phi) is 6.81. The highest BCUT2D eigenvalue weighted by Crippen LogP contribution is 2.19. The van der Waals surface area contributed by atoms with Gasteiger partial charge in [0.05, 0.1) is 17.2 Å². The van der Waals surface area contributed by atoms with Crippen molar-refractivity contribution in [2.45, 2.75) is 51.7 Å². The fraction of sp³-hybridized carbons (Fsp3) is 0.545. The molecule has 2 aliphatic rings. The van der Waals surface area contributed by atoms with Crippen LogP contribution in [-0.4, -0.2) is 58.1 Å². The zero-order valence-corrected chi connectivity index (χ0v) is 18.0. The zero-order chi connectivity index (χ0) is 21.6. The number of piperazine rings is 1. The summed E-state index contributed by atoms with van der Waals surface area (Å²) in [5.41, 5.74) is 2.05. The summed E-state index contributed by atoms with van der Waals surface area (Å²) in [7, 11) is 0. The molecule has 1 aliphatic heterocycles. The third-order valence-corrected chi connectivity index (χ3v) is 5.98. The highest BCUT2D eigenvalue weighted by atomic mass is 16.6. The normalized spacial score (nSPS) is 18.5. The van der Waals surface area contributed by atoms with E-state index < -0.39 is 0 Å². The van der Waals surface area contributed by atoms with Crippen molar-refractivity contribution in [1.82, 2.24) is 20.3 Å². The highest BCUT2D eigenvalue weighted by molar-refractivity contribution is 5.80. The molecule has 0 atom stereocenters. The van der Waals surface area contributed by atoms with Crippen molar-refractivity contribution >= 4 is 11.6 Å². The van der Waals surface area contributed by atoms with Gasteiger partial charge in [-0.3, -0.25) is 15.0 Å². The lowest BCUT2D eigenvalue weighted by Crippen LogP contribution is -2.53. The number of aryl methyl sites for hydroxylation is 1. The Bertz CT molecular complexity index is 896. The zero-order valence-electron chi connectivity index (χ0n) is 18.0. The Balaban J connectivity index is 1.38. The minimum atomic E-state index is -0.375. The first-order chi connectivity index (χ1) is 15.1. The summed E-state index contributed by atoms with van der Waals surface area (Å²) in [6.07, 6.45) is 4.89. The third-order valence-electron chi connectivity index (χ3n) is 5.98. The van der Waals surface area contributed by atoms with E-state index in [9.17, 15) is 10.1 Å². The number of rotatable bonds is 6. The number of benzene rings is 1. The van der Waals surface area contributed by atoms with Gasteiger partial charge in [0, 0.05) is 57.0 Å². The molecule has 0 spiro atoms. The molecule has 1 N–H and O–H groups in total. The molecule has 0 bridgehead atoms. The molecule has 1 saturated carbocycles. The van der Waals surface area contributed by atoms with Crippen LogP contribution in [0.4, 0.5) is 5.69 Å². The van der Waals surface area contributed by atoms with Gasteiger partial charge in [-0.05, 0) is 25.3 Å². The summed E-state index contributed by atoms with van der Waals surface area (Å²) in [6, 6.07) is 9.12. The molecule has 1 aromatic carbocycles. The summed E-state index contributed by atoms with van der Waals surface area (Å²) in [5, 5.41) is 18.6. The first-order valence-electron chi connectivity index (χ1n) is 11.0. The minimum Gasteiger partial charge on any atom is -0.361 e. The first-order valence-corrected chi connectivity index (χ1v) is 11.0. The van der Waals surface area contributed by atoms with Crippen molar-refractivity contribution in [2.24, 2.45) is 4.99 Å². The van der Waals surface area contributed by atoms with Gasteiger partial charge in [0.25, 0.3) is 5.69 Å². The maximum atomic E-state index is 10.9. The van der Waals surface area contributed by atoms with Gasteiger partial charge in [0.2, 0.25) is 0 Å². The lowest BCUT2D eigenvalue weighted by atomic mass is 10.2. The van der Waals surface area contributed by atoms with Crippen LogP contribution in [-0.2, 0) is 13.1 Å². The van der Waals surface area contributed by atoms with Gasteiger partial charge >= 0.3 is 0 Å². The molecule has 4 rings (SSSR count). The molecule has 0 unspecified atom stereocenters. The number of nitro benzene ring substituents is 1. The molecule has 2 aromatic rings. The fourth-order valence-corrected chi connectivity index (χ4v) is 4.22. The molecule has 0 amide bonds. The van der Waals surface area contributed by atoms with E-state index >= 15 is 0 Å². The second-order valence-corrected chi connectivity index (χ2v) is 8.38. The lowest BCUT2D eigenvalue weighted by molar-refractivity contribution is -0.384. The number of aromatic nitrogens is 1. The number of nitrogens with one attached hydrogen (secondary N) is 1. The van der Waals surface area contributed by atoms with Gasteiger partial charge < -0.3 is 14.7 Å². The van der Waals surface area contributed by atoms with Crippen LogP contribution in [0.1, 0.15) is 42.7 Å². The van der Waals surface area contributed by atoms with Crippen molar-refractivity contribution < 1.29 is 9.45 Å². The van der Waals surface area contributed by atoms with Gasteiger partial charge in [-0.2, -0.15) is 0 Å². The first kappa shape index (κ1) is 21.3. The monoisotopic (exact) mass is 426 g/mol. The molecule has 2 fully saturated rings. The summed E-state index contributed by atoms with van der Waals surface area (Å²) in [5.74, 6) is 1.79. The molecule has 166 valence electrons. The Morgan fingerprint density at radius 3 is 2.55 bits per heavy atom. The quantitative estimate of drug-likeness (QED) is 0.328. The third kappa shape index (κ3) is 5.81. The van der Waals surface area contributed by atoms with E-state index in [1.54, 1.807) is 24.3 Å². The van der Waals surface area contributed by atoms with Gasteiger partial charge in [-0.15, -0.1) is 0 Å². The predicted molar refractivity (Wildman–Crippen MR) is 118 cm³/mol. The molecular weight excluding hydrogens is 396 g/mol. The Morgan fingerprint density at radius 2 is 1.94 bits per heavy atom. The number of non-ortho nitro benzene ring substituents is 1. The molecule has 1 saturated heterocycles. The van der Waals surface area contributed by atoms with Crippen molar-refractivity contribution in [3.05, 3.63) is 57.5 Å². The molecule has 2 heterocycles. The average Bonchev–Trinajstić information content (AvgIpc) is 3.43. The molecule has 1 aromatic heterocycles. The topological polar surface area (TPSA) is 100 Å². The summed E-state index contributed by atoms with van der Waals surface area (Å²) in [6.45, 7) is 6.90. The second kappa shape index (κ2) is 9.91. The van der Waals surface area contributed by atoms with Gasteiger partial charge in [-0.1, -0.05) is 30.1 Å². The van der Waals surface area contributed by atoms with Crippen LogP contribution in [0.25, 0.3) is 0 Å². The van der Waals surface area contributed by atoms with Crippen LogP contribution in [0.2, 0.25) is 0 Å². The van der Waals surface area contributed by atoms with E-state index in [4.69, 9.17) is 9.52 Å². The standard InChI is InChI=1S/C22H30N6O3/c1-17-14-20(25-31-17)16-26-10-12-27(13-11-26)22(24-19-4-2-3-5-19)23-15-18-6-8-21(9-7-18)28(29)30/h6-9,14,19H,2-5,10-13,15-16H2,1H3,(H,23,24). The van der Waals surface area contributed by atoms with Crippen molar-refractivity contribution in [3.8, 4) is 0 Å². The lowest BCUT2D eigenvalue weighted by Gasteiger charge is -2.37. The maximum absolute atomic E-state index is 10.9. The number of guanidine groups is 1. The smallest absolute Gasteiger partial charge is 0.269 e. The minimum absolute atomic E-state index is 0.107. The molecule has 31 heavy (non-hydrogen) atoms. The average molecular weight is 427 g/mol. The number of hydrogen-bond acceptors (Lipinski definition) is 6. The van der Waals surface area contributed by atoms with Gasteiger partial charge in [0.1, 0.15) is 5.76 Å². The molecule has 9 nitrogen and oxygen atoms in total. The van der Waals surface area contributed by atoms with Crippen LogP contribution in [0.5, 0.6) is 0 Å². The molecular formula is C22H30N6O3. The number of aliphatic imine (C=N–C) groups is 1. The van der Waals surface area contributed by atoms with Crippen molar-refractivity contribution in [1.29, 1.82) is 0 Å². The van der Waals surface area contributed by atoms with Gasteiger partial charge in [-0.25, -0.2) is 4.99 Å². The van der Waals surface area contributed by atoms with E-state index in [0.29, 0.717) is 12.6 Å². The maximum Gasteiger partial charge on any atom is 0.269 e. The van der Waals surface area contributed by atoms with E-state index in [-0.39, 0.29) is 10.6 Å². The van der Waals surface area contributed by atoms with Crippen molar-refractivity contribution in [3.63, 3.8) is 0 Å². The Morgan fingerprint density at radius 1 is 1.23 bits per heavy atom. The highest BCUT2D eigenvalue weighted by Gasteiger charge is 2.24. The van der Waals surface area contributed by atoms with E-state index in [2.05, 4.69) is 20.3 Å². The Hall–Kier alpha value is -2.94. The largest absolute Gasteiger partial charge is 0.361 e. The van der Waals surface area contributed by atoms with Gasteiger partial charge in [0.15, 0.2) is 5.96 Å². The number of nitrogens with zero attached hydrogens (tertiary/aromatic N) is 5. The SMILES string of the molecule is Cc1cc(CN2CCN(C(=NCc3ccc([N+](=O)[O-])cc3)NC3CCCC3)CC2)no1. The number of hydrogen-bond donors (Lipinski definition) is 1. The van der Waals surface area contributed by atoms with Crippen LogP contribution in [0.3, 0.4) is 0 Å². The second-order valence-electron chi connectivity index (χ2n) is 8.38. The van der Waals surface area contributed by atoms with Crippen LogP contribution in [0.15, 0.2) is 39.8 Å².